The van der Waals surface area contributed by atoms with Crippen molar-refractivity contribution in [2.45, 2.75) is 20.3 Å². The third-order valence-electron chi connectivity index (χ3n) is 2.49. The van der Waals surface area contributed by atoms with Gasteiger partial charge in [-0.05, 0) is 24.6 Å². The van der Waals surface area contributed by atoms with E-state index in [1.807, 2.05) is 13.8 Å². The molecule has 16 heavy (non-hydrogen) atoms. The minimum Gasteiger partial charge on any atom is -0.464 e. The molecule has 0 aliphatic heterocycles. The fourth-order valence-corrected chi connectivity index (χ4v) is 1.53. The van der Waals surface area contributed by atoms with Crippen LogP contribution < -0.4 is 4.74 Å². The number of Topliss-reactive ketones (excluding diaryl/α,β-unsaturated/α-hetero) is 1. The molecule has 0 heterocycles. The maximum atomic E-state index is 11.9. The number of carbonyl (C=O) groups is 1. The highest BCUT2D eigenvalue weighted by molar-refractivity contribution is 6.32. The molecule has 0 N–H and O–H groups in total. The second kappa shape index (κ2) is 5.71. The number of hydrogen-bond donors (Lipinski definition) is 0. The highest BCUT2D eigenvalue weighted by Crippen LogP contribution is 2.26. The van der Waals surface area contributed by atoms with Gasteiger partial charge in [0.15, 0.2) is 5.78 Å². The van der Waals surface area contributed by atoms with Crippen molar-refractivity contribution in [3.8, 4) is 5.75 Å². The topological polar surface area (TPSA) is 26.3 Å². The summed E-state index contributed by atoms with van der Waals surface area (Å²) >= 11 is 5.98. The molecule has 0 aromatic heterocycles. The molecule has 0 saturated heterocycles. The van der Waals surface area contributed by atoms with E-state index in [1.165, 1.54) is 6.26 Å². The van der Waals surface area contributed by atoms with Crippen LogP contribution in [0.2, 0.25) is 5.02 Å². The highest BCUT2D eigenvalue weighted by atomic mass is 35.5. The van der Waals surface area contributed by atoms with Crippen LogP contribution in [0.15, 0.2) is 31.0 Å². The van der Waals surface area contributed by atoms with Crippen LogP contribution in [0.5, 0.6) is 5.75 Å². The van der Waals surface area contributed by atoms with Crippen molar-refractivity contribution >= 4 is 17.4 Å². The fourth-order valence-electron chi connectivity index (χ4n) is 1.31. The lowest BCUT2D eigenvalue weighted by Gasteiger charge is -2.09. The van der Waals surface area contributed by atoms with Gasteiger partial charge in [0.1, 0.15) is 5.75 Å². The van der Waals surface area contributed by atoms with Gasteiger partial charge in [-0.1, -0.05) is 32.0 Å². The van der Waals surface area contributed by atoms with Crippen LogP contribution >= 0.6 is 11.6 Å². The summed E-state index contributed by atoms with van der Waals surface area (Å²) in [5, 5.41) is 0.425. The zero-order chi connectivity index (χ0) is 12.1. The van der Waals surface area contributed by atoms with Crippen LogP contribution in [0.25, 0.3) is 0 Å². The van der Waals surface area contributed by atoms with Crippen molar-refractivity contribution in [1.82, 2.24) is 0 Å². The molecular weight excluding hydrogens is 224 g/mol. The molecule has 0 aliphatic carbocycles. The largest absolute Gasteiger partial charge is 0.464 e. The summed E-state index contributed by atoms with van der Waals surface area (Å²) in [6.45, 7) is 7.34. The Hall–Kier alpha value is -1.28. The number of rotatable bonds is 5. The molecule has 1 atom stereocenters. The van der Waals surface area contributed by atoms with Gasteiger partial charge in [-0.15, -0.1) is 0 Å². The van der Waals surface area contributed by atoms with E-state index in [9.17, 15) is 4.79 Å². The van der Waals surface area contributed by atoms with Crippen LogP contribution in [-0.4, -0.2) is 5.78 Å². The van der Waals surface area contributed by atoms with Gasteiger partial charge in [-0.2, -0.15) is 0 Å². The predicted molar refractivity (Wildman–Crippen MR) is 66.1 cm³/mol. The molecule has 0 fully saturated rings. The number of hydrogen-bond acceptors (Lipinski definition) is 2. The lowest BCUT2D eigenvalue weighted by Crippen LogP contribution is -2.10. The molecule has 1 aromatic carbocycles. The predicted octanol–water partition coefficient (Wildman–Crippen LogP) is 4.09. The van der Waals surface area contributed by atoms with Crippen LogP contribution in [0.3, 0.4) is 0 Å². The molecule has 0 amide bonds. The van der Waals surface area contributed by atoms with E-state index in [1.54, 1.807) is 18.2 Å². The number of halogens is 1. The first-order valence-corrected chi connectivity index (χ1v) is 5.59. The molecule has 0 saturated carbocycles. The summed E-state index contributed by atoms with van der Waals surface area (Å²) in [4.78, 5) is 11.9. The summed E-state index contributed by atoms with van der Waals surface area (Å²) in [5.74, 6) is 0.633. The van der Waals surface area contributed by atoms with Gasteiger partial charge in [-0.3, -0.25) is 4.79 Å². The van der Waals surface area contributed by atoms with E-state index in [-0.39, 0.29) is 11.7 Å². The van der Waals surface area contributed by atoms with Crippen molar-refractivity contribution in [3.05, 3.63) is 41.6 Å². The molecule has 0 radical (unpaired) electrons. The maximum Gasteiger partial charge on any atom is 0.165 e. The Morgan fingerprint density at radius 2 is 2.31 bits per heavy atom. The van der Waals surface area contributed by atoms with Gasteiger partial charge in [0.2, 0.25) is 0 Å². The molecule has 1 aromatic rings. The van der Waals surface area contributed by atoms with E-state index in [0.717, 1.165) is 6.42 Å². The molecular formula is C13H15ClO2. The molecule has 3 heteroatoms. The third-order valence-corrected chi connectivity index (χ3v) is 2.78. The molecule has 86 valence electrons. The first-order chi connectivity index (χ1) is 7.60. The SMILES string of the molecule is C=COc1ccc(C(=O)[C@H](C)CC)cc1Cl. The lowest BCUT2D eigenvalue weighted by atomic mass is 9.97. The standard InChI is InChI=1S/C13H15ClO2/c1-4-9(3)13(15)10-6-7-12(16-5-2)11(14)8-10/h5-9H,2,4H2,1,3H3/t9-/m1/s1. The average molecular weight is 239 g/mol. The first kappa shape index (κ1) is 12.8. The zero-order valence-electron chi connectivity index (χ0n) is 9.50. The van der Waals surface area contributed by atoms with Crippen molar-refractivity contribution < 1.29 is 9.53 Å². The van der Waals surface area contributed by atoms with E-state index in [2.05, 4.69) is 6.58 Å². The Morgan fingerprint density at radius 1 is 1.62 bits per heavy atom. The molecule has 1 rings (SSSR count). The number of ether oxygens (including phenoxy) is 1. The Kier molecular flexibility index (Phi) is 4.56. The lowest BCUT2D eigenvalue weighted by molar-refractivity contribution is 0.0927. The summed E-state index contributed by atoms with van der Waals surface area (Å²) in [5.41, 5.74) is 0.621. The highest BCUT2D eigenvalue weighted by Gasteiger charge is 2.14. The second-order valence-electron chi connectivity index (χ2n) is 3.60. The van der Waals surface area contributed by atoms with E-state index < -0.39 is 0 Å². The van der Waals surface area contributed by atoms with Gasteiger partial charge >= 0.3 is 0 Å². The average Bonchev–Trinajstić information content (AvgIpc) is 2.30. The Labute approximate surface area is 101 Å². The Balaban J connectivity index is 2.96. The summed E-state index contributed by atoms with van der Waals surface area (Å²) in [7, 11) is 0. The van der Waals surface area contributed by atoms with Gasteiger partial charge in [0, 0.05) is 11.5 Å². The van der Waals surface area contributed by atoms with Crippen LogP contribution in [0.4, 0.5) is 0 Å². The van der Waals surface area contributed by atoms with E-state index >= 15 is 0 Å². The number of carbonyl (C=O) groups excluding carboxylic acids is 1. The normalized spacial score (nSPS) is 11.9. The smallest absolute Gasteiger partial charge is 0.165 e. The van der Waals surface area contributed by atoms with Gasteiger partial charge in [-0.25, -0.2) is 0 Å². The van der Waals surface area contributed by atoms with Crippen molar-refractivity contribution in [2.75, 3.05) is 0 Å². The third kappa shape index (κ3) is 2.86. The Bertz CT molecular complexity index is 399. The monoisotopic (exact) mass is 238 g/mol. The van der Waals surface area contributed by atoms with E-state index in [0.29, 0.717) is 16.3 Å². The molecule has 0 spiro atoms. The van der Waals surface area contributed by atoms with Crippen molar-refractivity contribution in [1.29, 1.82) is 0 Å². The summed E-state index contributed by atoms with van der Waals surface area (Å²) < 4.78 is 5.08. The minimum atomic E-state index is 0.0160. The first-order valence-electron chi connectivity index (χ1n) is 5.21. The van der Waals surface area contributed by atoms with Gasteiger partial charge in [0.05, 0.1) is 11.3 Å². The number of benzene rings is 1. The van der Waals surface area contributed by atoms with E-state index in [4.69, 9.17) is 16.3 Å². The quantitative estimate of drug-likeness (QED) is 0.571. The maximum absolute atomic E-state index is 11.9. The second-order valence-corrected chi connectivity index (χ2v) is 4.01. The summed E-state index contributed by atoms with van der Waals surface area (Å²) in [6.07, 6.45) is 2.12. The van der Waals surface area contributed by atoms with Crippen LogP contribution in [-0.2, 0) is 0 Å². The van der Waals surface area contributed by atoms with Gasteiger partial charge < -0.3 is 4.74 Å². The van der Waals surface area contributed by atoms with Crippen molar-refractivity contribution in [2.24, 2.45) is 5.92 Å². The van der Waals surface area contributed by atoms with Crippen LogP contribution in [0.1, 0.15) is 30.6 Å². The Morgan fingerprint density at radius 3 is 2.81 bits per heavy atom. The van der Waals surface area contributed by atoms with Gasteiger partial charge in [0.25, 0.3) is 0 Å². The van der Waals surface area contributed by atoms with Crippen molar-refractivity contribution in [3.63, 3.8) is 0 Å². The zero-order valence-corrected chi connectivity index (χ0v) is 10.3. The summed E-state index contributed by atoms with van der Waals surface area (Å²) in [6, 6.07) is 5.04. The molecule has 0 aliphatic rings. The molecule has 0 unspecified atom stereocenters. The minimum absolute atomic E-state index is 0.0160. The van der Waals surface area contributed by atoms with Crippen LogP contribution in [0, 0.1) is 5.92 Å². The fraction of sp³-hybridized carbons (Fsp3) is 0.308. The molecule has 0 bridgehead atoms. The number of ketones is 1. The molecule has 2 nitrogen and oxygen atoms in total.